The van der Waals surface area contributed by atoms with Gasteiger partial charge in [0.05, 0.1) is 5.92 Å². The van der Waals surface area contributed by atoms with Crippen molar-refractivity contribution < 1.29 is 13.2 Å². The van der Waals surface area contributed by atoms with Gasteiger partial charge in [-0.05, 0) is 44.4 Å². The standard InChI is InChI=1S/C16H26F3N/c17-16(18,19)14-11-7-6-10-13(14)15(20)12-8-4-2-1-3-5-9-12/h8,13-15H,1-7,9-11,20H2. The molecule has 3 atom stereocenters. The van der Waals surface area contributed by atoms with Gasteiger partial charge in [-0.2, -0.15) is 13.2 Å². The van der Waals surface area contributed by atoms with Crippen molar-refractivity contribution in [3.63, 3.8) is 0 Å². The van der Waals surface area contributed by atoms with Crippen molar-refractivity contribution in [2.45, 2.75) is 76.4 Å². The molecule has 0 bridgehead atoms. The molecule has 20 heavy (non-hydrogen) atoms. The van der Waals surface area contributed by atoms with Crippen LogP contribution in [0.2, 0.25) is 0 Å². The molecular weight excluding hydrogens is 263 g/mol. The van der Waals surface area contributed by atoms with Crippen LogP contribution in [0.1, 0.15) is 64.2 Å². The molecule has 0 aromatic rings. The number of hydrogen-bond acceptors (Lipinski definition) is 1. The molecule has 1 nitrogen and oxygen atoms in total. The Morgan fingerprint density at radius 3 is 2.45 bits per heavy atom. The summed E-state index contributed by atoms with van der Waals surface area (Å²) in [5, 5.41) is 0. The van der Waals surface area contributed by atoms with Gasteiger partial charge in [0.1, 0.15) is 0 Å². The first-order chi connectivity index (χ1) is 9.50. The molecular formula is C16H26F3N. The zero-order valence-electron chi connectivity index (χ0n) is 12.1. The smallest absolute Gasteiger partial charge is 0.324 e. The van der Waals surface area contributed by atoms with Crippen LogP contribution in [0, 0.1) is 11.8 Å². The van der Waals surface area contributed by atoms with Crippen molar-refractivity contribution in [3.05, 3.63) is 11.6 Å². The average Bonchev–Trinajstić information content (AvgIpc) is 2.37. The number of hydrogen-bond donors (Lipinski definition) is 1. The van der Waals surface area contributed by atoms with E-state index in [0.29, 0.717) is 12.8 Å². The van der Waals surface area contributed by atoms with Crippen LogP contribution in [0.15, 0.2) is 11.6 Å². The first-order valence-electron chi connectivity index (χ1n) is 8.01. The van der Waals surface area contributed by atoms with Gasteiger partial charge in [0.2, 0.25) is 0 Å². The van der Waals surface area contributed by atoms with Crippen molar-refractivity contribution in [2.24, 2.45) is 17.6 Å². The fraction of sp³-hybridized carbons (Fsp3) is 0.875. The second-order valence-corrected chi connectivity index (χ2v) is 6.35. The Morgan fingerprint density at radius 2 is 1.70 bits per heavy atom. The molecule has 3 unspecified atom stereocenters. The lowest BCUT2D eigenvalue weighted by molar-refractivity contribution is -0.197. The van der Waals surface area contributed by atoms with Crippen molar-refractivity contribution in [1.82, 2.24) is 0 Å². The summed E-state index contributed by atoms with van der Waals surface area (Å²) in [6.45, 7) is 0. The molecule has 0 aromatic heterocycles. The van der Waals surface area contributed by atoms with Crippen LogP contribution < -0.4 is 5.73 Å². The van der Waals surface area contributed by atoms with Gasteiger partial charge < -0.3 is 5.73 Å². The predicted octanol–water partition coefficient (Wildman–Crippen LogP) is 4.96. The van der Waals surface area contributed by atoms with E-state index in [1.165, 1.54) is 12.8 Å². The fourth-order valence-corrected chi connectivity index (χ4v) is 3.79. The summed E-state index contributed by atoms with van der Waals surface area (Å²) in [5.74, 6) is -1.60. The van der Waals surface area contributed by atoms with E-state index in [0.717, 1.165) is 37.7 Å². The molecule has 0 saturated heterocycles. The number of halogens is 3. The van der Waals surface area contributed by atoms with E-state index in [1.54, 1.807) is 0 Å². The van der Waals surface area contributed by atoms with Gasteiger partial charge in [-0.1, -0.05) is 37.3 Å². The Hall–Kier alpha value is -0.510. The summed E-state index contributed by atoms with van der Waals surface area (Å²) in [6, 6.07) is -0.389. The zero-order valence-corrected chi connectivity index (χ0v) is 12.1. The van der Waals surface area contributed by atoms with E-state index >= 15 is 0 Å². The molecule has 4 heteroatoms. The van der Waals surface area contributed by atoms with E-state index in [2.05, 4.69) is 6.08 Å². The van der Waals surface area contributed by atoms with Crippen LogP contribution in [0.3, 0.4) is 0 Å². The Labute approximate surface area is 119 Å². The molecule has 0 amide bonds. The van der Waals surface area contributed by atoms with Crippen LogP contribution in [-0.4, -0.2) is 12.2 Å². The average molecular weight is 289 g/mol. The molecule has 2 rings (SSSR count). The lowest BCUT2D eigenvalue weighted by Crippen LogP contribution is -2.44. The normalized spacial score (nSPS) is 31.1. The van der Waals surface area contributed by atoms with Gasteiger partial charge in [0, 0.05) is 6.04 Å². The van der Waals surface area contributed by atoms with Crippen molar-refractivity contribution in [3.8, 4) is 0 Å². The summed E-state index contributed by atoms with van der Waals surface area (Å²) in [5.41, 5.74) is 7.35. The molecule has 2 aliphatic rings. The molecule has 0 radical (unpaired) electrons. The summed E-state index contributed by atoms with van der Waals surface area (Å²) < 4.78 is 39.6. The largest absolute Gasteiger partial charge is 0.392 e. The molecule has 0 heterocycles. The highest BCUT2D eigenvalue weighted by molar-refractivity contribution is 5.14. The highest BCUT2D eigenvalue weighted by Crippen LogP contribution is 2.44. The first-order valence-corrected chi connectivity index (χ1v) is 8.01. The molecule has 0 spiro atoms. The topological polar surface area (TPSA) is 26.0 Å². The van der Waals surface area contributed by atoms with E-state index in [9.17, 15) is 13.2 Å². The summed E-state index contributed by atoms with van der Waals surface area (Å²) >= 11 is 0. The Balaban J connectivity index is 2.10. The third kappa shape index (κ3) is 4.00. The van der Waals surface area contributed by atoms with Crippen molar-refractivity contribution >= 4 is 0 Å². The van der Waals surface area contributed by atoms with E-state index in [-0.39, 0.29) is 12.5 Å². The minimum absolute atomic E-state index is 0.259. The molecule has 116 valence electrons. The van der Waals surface area contributed by atoms with Crippen molar-refractivity contribution in [2.75, 3.05) is 0 Å². The number of rotatable bonds is 2. The van der Waals surface area contributed by atoms with Crippen LogP contribution in [0.4, 0.5) is 13.2 Å². The predicted molar refractivity (Wildman–Crippen MR) is 75.3 cm³/mol. The summed E-state index contributed by atoms with van der Waals surface area (Å²) in [4.78, 5) is 0. The van der Waals surface area contributed by atoms with E-state index in [1.807, 2.05) is 0 Å². The van der Waals surface area contributed by atoms with Crippen LogP contribution in [0.25, 0.3) is 0 Å². The molecule has 0 aromatic carbocycles. The maximum Gasteiger partial charge on any atom is 0.392 e. The SMILES string of the molecule is NC(C1=CCCCCCC1)C1CCCCC1C(F)(F)F. The Morgan fingerprint density at radius 1 is 1.00 bits per heavy atom. The molecule has 1 fully saturated rings. The number of alkyl halides is 3. The third-order valence-corrected chi connectivity index (χ3v) is 4.96. The quantitative estimate of drug-likeness (QED) is 0.714. The minimum atomic E-state index is -4.09. The van der Waals surface area contributed by atoms with Gasteiger partial charge in [-0.25, -0.2) is 0 Å². The van der Waals surface area contributed by atoms with Crippen LogP contribution in [-0.2, 0) is 0 Å². The number of nitrogens with two attached hydrogens (primary N) is 1. The number of allylic oxidation sites excluding steroid dienone is 1. The monoisotopic (exact) mass is 289 g/mol. The van der Waals surface area contributed by atoms with Gasteiger partial charge >= 0.3 is 6.18 Å². The second kappa shape index (κ2) is 6.97. The highest BCUT2D eigenvalue weighted by atomic mass is 19.4. The molecule has 2 N–H and O–H groups in total. The van der Waals surface area contributed by atoms with Crippen LogP contribution >= 0.6 is 0 Å². The second-order valence-electron chi connectivity index (χ2n) is 6.35. The van der Waals surface area contributed by atoms with Crippen LogP contribution in [0.5, 0.6) is 0 Å². The Bertz CT molecular complexity index is 335. The fourth-order valence-electron chi connectivity index (χ4n) is 3.79. The minimum Gasteiger partial charge on any atom is -0.324 e. The van der Waals surface area contributed by atoms with Gasteiger partial charge in [-0.15, -0.1) is 0 Å². The van der Waals surface area contributed by atoms with E-state index in [4.69, 9.17) is 5.73 Å². The maximum absolute atomic E-state index is 13.2. The van der Waals surface area contributed by atoms with Gasteiger partial charge in [0.25, 0.3) is 0 Å². The Kier molecular flexibility index (Phi) is 5.53. The highest BCUT2D eigenvalue weighted by Gasteiger charge is 2.47. The third-order valence-electron chi connectivity index (χ3n) is 4.96. The van der Waals surface area contributed by atoms with E-state index < -0.39 is 18.0 Å². The zero-order chi connectivity index (χ0) is 14.6. The molecule has 0 aliphatic heterocycles. The lowest BCUT2D eigenvalue weighted by atomic mass is 9.72. The lowest BCUT2D eigenvalue weighted by Gasteiger charge is -2.37. The summed E-state index contributed by atoms with van der Waals surface area (Å²) in [7, 11) is 0. The van der Waals surface area contributed by atoms with Gasteiger partial charge in [-0.3, -0.25) is 0 Å². The molecule has 2 aliphatic carbocycles. The first kappa shape index (κ1) is 15.9. The maximum atomic E-state index is 13.2. The summed E-state index contributed by atoms with van der Waals surface area (Å²) in [6.07, 6.45) is 6.99. The van der Waals surface area contributed by atoms with Crippen molar-refractivity contribution in [1.29, 1.82) is 0 Å². The molecule has 1 saturated carbocycles. The van der Waals surface area contributed by atoms with Gasteiger partial charge in [0.15, 0.2) is 0 Å².